The number of carbonyl (C=O) groups is 1. The fourth-order valence-corrected chi connectivity index (χ4v) is 5.79. The van der Waals surface area contributed by atoms with E-state index in [1.165, 1.54) is 17.3 Å². The summed E-state index contributed by atoms with van der Waals surface area (Å²) in [6.45, 7) is 1.73. The van der Waals surface area contributed by atoms with Crippen LogP contribution in [0, 0.1) is 12.8 Å². The van der Waals surface area contributed by atoms with Gasteiger partial charge in [-0.1, -0.05) is 24.3 Å². The third kappa shape index (κ3) is 2.30. The summed E-state index contributed by atoms with van der Waals surface area (Å²) in [5, 5.41) is 0.658. The highest BCUT2D eigenvalue weighted by molar-refractivity contribution is 7.92. The zero-order valence-electron chi connectivity index (χ0n) is 12.6. The van der Waals surface area contributed by atoms with Crippen molar-refractivity contribution in [2.45, 2.75) is 35.8 Å². The number of hydrogen-bond acceptors (Lipinski definition) is 5. The van der Waals surface area contributed by atoms with Gasteiger partial charge in [0.25, 0.3) is 10.0 Å². The normalized spacial score (nSPS) is 25.3. The van der Waals surface area contributed by atoms with Crippen LogP contribution in [-0.4, -0.2) is 19.3 Å². The Balaban J connectivity index is 1.54. The predicted octanol–water partition coefficient (Wildman–Crippen LogP) is 2.16. The van der Waals surface area contributed by atoms with Gasteiger partial charge in [-0.25, -0.2) is 18.1 Å². The van der Waals surface area contributed by atoms with Gasteiger partial charge in [-0.05, 0) is 37.3 Å². The number of nitrogens with one attached hydrogen (secondary N) is 1. The number of carbonyl (C=O) groups excluding carboxylic acids is 1. The Labute approximate surface area is 138 Å². The molecule has 0 unspecified atom stereocenters. The van der Waals surface area contributed by atoms with Crippen molar-refractivity contribution in [3.05, 3.63) is 46.6 Å². The molecule has 7 heteroatoms. The zero-order chi connectivity index (χ0) is 16.2. The van der Waals surface area contributed by atoms with Crippen LogP contribution in [0.2, 0.25) is 0 Å². The van der Waals surface area contributed by atoms with Gasteiger partial charge in [0.1, 0.15) is 0 Å². The molecule has 1 aromatic heterocycles. The summed E-state index contributed by atoms with van der Waals surface area (Å²) < 4.78 is 26.9. The van der Waals surface area contributed by atoms with Crippen molar-refractivity contribution in [3.8, 4) is 0 Å². The molecule has 0 aliphatic heterocycles. The summed E-state index contributed by atoms with van der Waals surface area (Å²) in [6.07, 6.45) is 3.90. The first-order valence-corrected chi connectivity index (χ1v) is 9.80. The number of benzene rings is 1. The number of fused-ring (bicyclic) bond motifs is 2. The van der Waals surface area contributed by atoms with E-state index < -0.39 is 15.9 Å². The first-order valence-electron chi connectivity index (χ1n) is 7.50. The fourth-order valence-electron chi connectivity index (χ4n) is 3.66. The second-order valence-corrected chi connectivity index (χ2v) is 9.38. The fraction of sp³-hybridized carbons (Fsp3) is 0.375. The lowest BCUT2D eigenvalue weighted by Crippen LogP contribution is -2.33. The number of aryl methyl sites for hydroxylation is 2. The molecule has 23 heavy (non-hydrogen) atoms. The molecule has 2 aliphatic rings. The van der Waals surface area contributed by atoms with Crippen LogP contribution in [0.3, 0.4) is 0 Å². The summed E-state index contributed by atoms with van der Waals surface area (Å²) >= 11 is 1.07. The van der Waals surface area contributed by atoms with Crippen LogP contribution in [0.5, 0.6) is 0 Å². The highest BCUT2D eigenvalue weighted by atomic mass is 32.2. The van der Waals surface area contributed by atoms with Crippen LogP contribution >= 0.6 is 11.3 Å². The number of rotatable bonds is 3. The van der Waals surface area contributed by atoms with E-state index in [2.05, 4.69) is 21.8 Å². The number of thiazole rings is 1. The molecular formula is C16H16N2O3S2. The molecule has 2 aliphatic carbocycles. The van der Waals surface area contributed by atoms with Crippen molar-refractivity contribution >= 4 is 27.3 Å². The third-order valence-corrected chi connectivity index (χ3v) is 7.61. The molecule has 1 saturated carbocycles. The Bertz CT molecular complexity index is 904. The lowest BCUT2D eigenvalue weighted by Gasteiger charge is -2.11. The minimum Gasteiger partial charge on any atom is -0.274 e. The molecule has 2 aromatic rings. The summed E-state index contributed by atoms with van der Waals surface area (Å²) in [7, 11) is -3.81. The van der Waals surface area contributed by atoms with E-state index in [0.29, 0.717) is 5.01 Å². The molecule has 120 valence electrons. The number of nitrogens with zero attached hydrogens (tertiary/aromatic N) is 1. The number of aromatic nitrogens is 1. The van der Waals surface area contributed by atoms with Crippen LogP contribution in [0.25, 0.3) is 0 Å². The average Bonchev–Trinajstić information content (AvgIpc) is 2.87. The molecule has 1 fully saturated rings. The van der Waals surface area contributed by atoms with E-state index in [-0.39, 0.29) is 15.5 Å². The number of sulfonamides is 1. The van der Waals surface area contributed by atoms with E-state index in [0.717, 1.165) is 30.6 Å². The van der Waals surface area contributed by atoms with E-state index in [4.69, 9.17) is 0 Å². The standard InChI is InChI=1S/C16H16N2O3S2/c1-10-17-9-14(22-10)23(20,21)18-15(19)13-8-16(13)7-6-11-4-2-3-5-12(11)16/h2-5,9,13H,6-8H2,1H3,(H,18,19)/t13-,16+/m1/s1. The topological polar surface area (TPSA) is 76.1 Å². The highest BCUT2D eigenvalue weighted by Gasteiger charge is 2.61. The maximum Gasteiger partial charge on any atom is 0.275 e. The summed E-state index contributed by atoms with van der Waals surface area (Å²) in [5.41, 5.74) is 2.34. The molecule has 5 nitrogen and oxygen atoms in total. The molecule has 1 spiro atoms. The van der Waals surface area contributed by atoms with Crippen LogP contribution in [-0.2, 0) is 26.7 Å². The maximum atomic E-state index is 12.5. The molecule has 1 amide bonds. The van der Waals surface area contributed by atoms with Crippen molar-refractivity contribution in [1.29, 1.82) is 0 Å². The minimum absolute atomic E-state index is 0.0878. The second kappa shape index (κ2) is 4.88. The van der Waals surface area contributed by atoms with Crippen LogP contribution in [0.1, 0.15) is 29.0 Å². The molecule has 1 heterocycles. The first-order chi connectivity index (χ1) is 10.9. The molecule has 4 rings (SSSR count). The van der Waals surface area contributed by atoms with Gasteiger partial charge in [0.15, 0.2) is 4.21 Å². The lowest BCUT2D eigenvalue weighted by atomic mass is 9.95. The Morgan fingerprint density at radius 3 is 2.91 bits per heavy atom. The van der Waals surface area contributed by atoms with Gasteiger partial charge in [-0.15, -0.1) is 11.3 Å². The maximum absolute atomic E-state index is 12.5. The molecule has 1 N–H and O–H groups in total. The summed E-state index contributed by atoms with van der Waals surface area (Å²) in [6, 6.07) is 8.15. The number of amides is 1. The molecule has 2 atom stereocenters. The quantitative estimate of drug-likeness (QED) is 0.922. The van der Waals surface area contributed by atoms with Gasteiger partial charge in [-0.2, -0.15) is 0 Å². The Morgan fingerprint density at radius 2 is 2.17 bits per heavy atom. The molecule has 0 bridgehead atoms. The smallest absolute Gasteiger partial charge is 0.274 e. The van der Waals surface area contributed by atoms with Gasteiger partial charge in [0.2, 0.25) is 5.91 Å². The molecule has 1 aromatic carbocycles. The molecule has 0 saturated heterocycles. The highest BCUT2D eigenvalue weighted by Crippen LogP contribution is 2.61. The van der Waals surface area contributed by atoms with E-state index >= 15 is 0 Å². The monoisotopic (exact) mass is 348 g/mol. The van der Waals surface area contributed by atoms with E-state index in [9.17, 15) is 13.2 Å². The zero-order valence-corrected chi connectivity index (χ0v) is 14.2. The Hall–Kier alpha value is -1.73. The van der Waals surface area contributed by atoms with Gasteiger partial charge < -0.3 is 0 Å². The van der Waals surface area contributed by atoms with Crippen molar-refractivity contribution in [2.75, 3.05) is 0 Å². The third-order valence-electron chi connectivity index (χ3n) is 4.89. The first kappa shape index (κ1) is 14.8. The van der Waals surface area contributed by atoms with Gasteiger partial charge in [0, 0.05) is 11.3 Å². The Morgan fingerprint density at radius 1 is 1.39 bits per heavy atom. The second-order valence-electron chi connectivity index (χ2n) is 6.24. The van der Waals surface area contributed by atoms with Crippen molar-refractivity contribution in [1.82, 2.24) is 9.71 Å². The van der Waals surface area contributed by atoms with E-state index in [1.54, 1.807) is 6.92 Å². The molecular weight excluding hydrogens is 332 g/mol. The van der Waals surface area contributed by atoms with Crippen LogP contribution in [0.15, 0.2) is 34.7 Å². The van der Waals surface area contributed by atoms with Crippen molar-refractivity contribution < 1.29 is 13.2 Å². The average molecular weight is 348 g/mol. The molecule has 0 radical (unpaired) electrons. The van der Waals surface area contributed by atoms with E-state index in [1.807, 2.05) is 12.1 Å². The van der Waals surface area contributed by atoms with Crippen molar-refractivity contribution in [2.24, 2.45) is 5.92 Å². The Kier molecular flexibility index (Phi) is 3.15. The summed E-state index contributed by atoms with van der Waals surface area (Å²) in [5.74, 6) is -0.650. The lowest BCUT2D eigenvalue weighted by molar-refractivity contribution is -0.121. The van der Waals surface area contributed by atoms with Crippen LogP contribution in [0.4, 0.5) is 0 Å². The number of hydrogen-bond donors (Lipinski definition) is 1. The largest absolute Gasteiger partial charge is 0.275 e. The summed E-state index contributed by atoms with van der Waals surface area (Å²) in [4.78, 5) is 16.4. The van der Waals surface area contributed by atoms with Crippen molar-refractivity contribution in [3.63, 3.8) is 0 Å². The predicted molar refractivity (Wildman–Crippen MR) is 86.7 cm³/mol. The van der Waals surface area contributed by atoms with Crippen LogP contribution < -0.4 is 4.72 Å². The van der Waals surface area contributed by atoms with Gasteiger partial charge in [-0.3, -0.25) is 4.79 Å². The van der Waals surface area contributed by atoms with Gasteiger partial charge in [0.05, 0.1) is 11.2 Å². The SMILES string of the molecule is Cc1ncc(S(=O)(=O)NC(=O)[C@H]2C[C@]23CCc2ccccc23)s1. The minimum atomic E-state index is -3.81. The van der Waals surface area contributed by atoms with Gasteiger partial charge >= 0.3 is 0 Å².